The predicted molar refractivity (Wildman–Crippen MR) is 51.8 cm³/mol. The topological polar surface area (TPSA) is 12.4 Å². The minimum atomic E-state index is 0.803. The second kappa shape index (κ2) is 5.42. The molecule has 0 rings (SSSR count). The van der Waals surface area contributed by atoms with Gasteiger partial charge in [0.05, 0.1) is 5.71 Å². The van der Waals surface area contributed by atoms with Crippen molar-refractivity contribution in [3.05, 3.63) is 49.7 Å². The van der Waals surface area contributed by atoms with Gasteiger partial charge in [-0.2, -0.15) is 0 Å². The van der Waals surface area contributed by atoms with Gasteiger partial charge in [-0.15, -0.1) is 0 Å². The largest absolute Gasteiger partial charge is 0.257 e. The Kier molecular flexibility index (Phi) is 4.74. The highest BCUT2D eigenvalue weighted by atomic mass is 14.7. The summed E-state index contributed by atoms with van der Waals surface area (Å²) in [4.78, 5) is 4.01. The van der Waals surface area contributed by atoms with E-state index >= 15 is 0 Å². The Bertz CT molecular complexity index is 219. The van der Waals surface area contributed by atoms with Crippen molar-refractivity contribution in [2.24, 2.45) is 4.99 Å². The maximum absolute atomic E-state index is 4.01. The van der Waals surface area contributed by atoms with Crippen LogP contribution in [0, 0.1) is 0 Å². The zero-order valence-electron chi connectivity index (χ0n) is 6.88. The van der Waals surface area contributed by atoms with Crippen LogP contribution in [0.15, 0.2) is 54.7 Å². The minimum absolute atomic E-state index is 0.803. The van der Waals surface area contributed by atoms with Gasteiger partial charge in [0.25, 0.3) is 0 Å². The molecule has 0 aromatic heterocycles. The second-order valence-corrected chi connectivity index (χ2v) is 1.85. The van der Waals surface area contributed by atoms with E-state index < -0.39 is 0 Å². The molecule has 0 radical (unpaired) electrons. The number of allylic oxidation sites excluding steroid dienone is 4. The fourth-order valence-corrected chi connectivity index (χ4v) is 0.714. The van der Waals surface area contributed by atoms with Crippen molar-refractivity contribution in [1.82, 2.24) is 0 Å². The summed E-state index contributed by atoms with van der Waals surface area (Å²) in [6.07, 6.45) is 6.84. The zero-order valence-corrected chi connectivity index (χ0v) is 6.88. The van der Waals surface area contributed by atoms with E-state index in [9.17, 15) is 0 Å². The summed E-state index contributed by atoms with van der Waals surface area (Å²) in [6, 6.07) is 0. The van der Waals surface area contributed by atoms with Crippen LogP contribution in [0.2, 0.25) is 0 Å². The van der Waals surface area contributed by atoms with Crippen LogP contribution in [-0.2, 0) is 0 Å². The Labute approximate surface area is 68.2 Å². The highest BCUT2D eigenvalue weighted by Crippen LogP contribution is 2.00. The van der Waals surface area contributed by atoms with Crippen molar-refractivity contribution >= 4 is 5.71 Å². The summed E-state index contributed by atoms with van der Waals surface area (Å²) < 4.78 is 0. The van der Waals surface area contributed by atoms with Crippen molar-refractivity contribution < 1.29 is 0 Å². The van der Waals surface area contributed by atoms with Crippen LogP contribution in [0.3, 0.4) is 0 Å². The van der Waals surface area contributed by atoms with Gasteiger partial charge in [0.15, 0.2) is 0 Å². The average molecular weight is 147 g/mol. The van der Waals surface area contributed by atoms with E-state index in [4.69, 9.17) is 0 Å². The number of hydrogen-bond donors (Lipinski definition) is 0. The van der Waals surface area contributed by atoms with E-state index in [1.54, 1.807) is 12.2 Å². The van der Waals surface area contributed by atoms with E-state index in [1.165, 1.54) is 6.20 Å². The van der Waals surface area contributed by atoms with Crippen molar-refractivity contribution in [2.75, 3.05) is 0 Å². The van der Waals surface area contributed by atoms with E-state index in [0.717, 1.165) is 11.3 Å². The van der Waals surface area contributed by atoms with Crippen LogP contribution >= 0.6 is 0 Å². The molecule has 0 aromatic carbocycles. The maximum atomic E-state index is 4.01. The van der Waals surface area contributed by atoms with Gasteiger partial charge in [0, 0.05) is 6.20 Å². The molecule has 0 spiro atoms. The number of rotatable bonds is 4. The smallest absolute Gasteiger partial charge is 0.0692 e. The molecule has 0 atom stereocenters. The summed E-state index contributed by atoms with van der Waals surface area (Å²) >= 11 is 0. The lowest BCUT2D eigenvalue weighted by atomic mass is 10.1. The Balaban J connectivity index is 4.75. The number of hydrogen-bond acceptors (Lipinski definition) is 1. The molecule has 0 bridgehead atoms. The van der Waals surface area contributed by atoms with Crippen LogP contribution in [-0.4, -0.2) is 5.71 Å². The molecule has 0 N–H and O–H groups in total. The third-order valence-corrected chi connectivity index (χ3v) is 1.25. The van der Waals surface area contributed by atoms with Crippen LogP contribution < -0.4 is 0 Å². The van der Waals surface area contributed by atoms with Gasteiger partial charge < -0.3 is 0 Å². The molecule has 0 amide bonds. The van der Waals surface area contributed by atoms with Gasteiger partial charge in [0.1, 0.15) is 0 Å². The van der Waals surface area contributed by atoms with Gasteiger partial charge in [0.2, 0.25) is 0 Å². The molecule has 0 aliphatic rings. The quantitative estimate of drug-likeness (QED) is 0.428. The molecule has 0 saturated carbocycles. The molecule has 0 saturated heterocycles. The van der Waals surface area contributed by atoms with Crippen LogP contribution in [0.25, 0.3) is 0 Å². The zero-order chi connectivity index (χ0) is 8.69. The third-order valence-electron chi connectivity index (χ3n) is 1.25. The van der Waals surface area contributed by atoms with Crippen molar-refractivity contribution in [3.63, 3.8) is 0 Å². The first-order chi connectivity index (χ1) is 5.29. The molecule has 0 aromatic rings. The highest BCUT2D eigenvalue weighted by molar-refractivity contribution is 6.10. The van der Waals surface area contributed by atoms with E-state index in [-0.39, 0.29) is 0 Å². The lowest BCUT2D eigenvalue weighted by molar-refractivity contribution is 1.55. The predicted octanol–water partition coefficient (Wildman–Crippen LogP) is 2.89. The van der Waals surface area contributed by atoms with E-state index in [1.807, 2.05) is 13.0 Å². The summed E-state index contributed by atoms with van der Waals surface area (Å²) in [7, 11) is 0. The van der Waals surface area contributed by atoms with E-state index in [0.29, 0.717) is 0 Å². The fourth-order valence-electron chi connectivity index (χ4n) is 0.714. The molecule has 0 heterocycles. The van der Waals surface area contributed by atoms with Crippen LogP contribution in [0.5, 0.6) is 0 Å². The van der Waals surface area contributed by atoms with Crippen molar-refractivity contribution in [3.8, 4) is 0 Å². The Morgan fingerprint density at radius 3 is 2.09 bits per heavy atom. The monoisotopic (exact) mass is 147 g/mol. The molecule has 1 nitrogen and oxygen atoms in total. The second-order valence-electron chi connectivity index (χ2n) is 1.85. The molecule has 1 heteroatoms. The van der Waals surface area contributed by atoms with Gasteiger partial charge in [-0.1, -0.05) is 31.9 Å². The summed E-state index contributed by atoms with van der Waals surface area (Å²) in [5.41, 5.74) is 1.78. The first-order valence-corrected chi connectivity index (χ1v) is 3.40. The highest BCUT2D eigenvalue weighted by Gasteiger charge is 1.94. The number of nitrogens with zero attached hydrogens (tertiary/aromatic N) is 1. The van der Waals surface area contributed by atoms with Gasteiger partial charge in [-0.05, 0) is 18.6 Å². The molecule has 0 aliphatic carbocycles. The lowest BCUT2D eigenvalue weighted by Crippen LogP contribution is -1.94. The molecule has 58 valence electrons. The fraction of sp³-hybridized carbons (Fsp3) is 0.100. The lowest BCUT2D eigenvalue weighted by Gasteiger charge is -1.97. The van der Waals surface area contributed by atoms with Crippen molar-refractivity contribution in [2.45, 2.75) is 6.92 Å². The van der Waals surface area contributed by atoms with Crippen molar-refractivity contribution in [1.29, 1.82) is 0 Å². The maximum Gasteiger partial charge on any atom is 0.0692 e. The standard InChI is InChI=1S/C10H13N/c1-5-9(6-2)10(7-3)11-8-4/h5-8H,1,3-4H2,2H3/b9-6-,11-10?. The Morgan fingerprint density at radius 1 is 1.18 bits per heavy atom. The summed E-state index contributed by atoms with van der Waals surface area (Å²) in [5, 5.41) is 0. The van der Waals surface area contributed by atoms with Gasteiger partial charge in [-0.3, -0.25) is 4.99 Å². The average Bonchev–Trinajstić information content (AvgIpc) is 2.05. The molecule has 0 unspecified atom stereocenters. The Hall–Kier alpha value is -1.37. The minimum Gasteiger partial charge on any atom is -0.257 e. The summed E-state index contributed by atoms with van der Waals surface area (Å²) in [5.74, 6) is 0. The molecule has 0 fully saturated rings. The third kappa shape index (κ3) is 2.80. The first-order valence-electron chi connectivity index (χ1n) is 3.40. The van der Waals surface area contributed by atoms with E-state index in [2.05, 4.69) is 24.7 Å². The van der Waals surface area contributed by atoms with Crippen LogP contribution in [0.4, 0.5) is 0 Å². The van der Waals surface area contributed by atoms with Gasteiger partial charge >= 0.3 is 0 Å². The van der Waals surface area contributed by atoms with Crippen LogP contribution in [0.1, 0.15) is 6.92 Å². The van der Waals surface area contributed by atoms with Gasteiger partial charge in [-0.25, -0.2) is 0 Å². The summed E-state index contributed by atoms with van der Waals surface area (Å²) in [6.45, 7) is 12.7. The first kappa shape index (κ1) is 9.63. The SMILES string of the molecule is C=CN=C(C=C)/C(C=C)=C\C. The normalized spacial score (nSPS) is 12.5. The Morgan fingerprint density at radius 2 is 1.82 bits per heavy atom. The molecule has 11 heavy (non-hydrogen) atoms. The molecular weight excluding hydrogens is 134 g/mol. The number of aliphatic imine (C=N–C) groups is 1. The molecular formula is C10H13N. The molecule has 0 aliphatic heterocycles.